The van der Waals surface area contributed by atoms with Crippen LogP contribution in [0.4, 0.5) is 0 Å². The Morgan fingerprint density at radius 2 is 1.29 bits per heavy atom. The van der Waals surface area contributed by atoms with Gasteiger partial charge in [-0.1, -0.05) is 58.8 Å². The fraction of sp³-hybridized carbons (Fsp3) is 0.947. The molecule has 0 aromatic heterocycles. The molecule has 2 heteroatoms. The lowest BCUT2D eigenvalue weighted by atomic mass is 9.76. The molecular formula is C19H34O2. The van der Waals surface area contributed by atoms with E-state index in [1.807, 2.05) is 6.92 Å². The van der Waals surface area contributed by atoms with E-state index in [-0.39, 0.29) is 12.1 Å². The average molecular weight is 294 g/mol. The number of hydrogen-bond acceptors (Lipinski definition) is 2. The molecule has 0 bridgehead atoms. The highest BCUT2D eigenvalue weighted by molar-refractivity contribution is 5.69. The van der Waals surface area contributed by atoms with Crippen LogP contribution in [0.3, 0.4) is 0 Å². The van der Waals surface area contributed by atoms with Crippen molar-refractivity contribution in [1.29, 1.82) is 0 Å². The van der Waals surface area contributed by atoms with Crippen molar-refractivity contribution in [3.63, 3.8) is 0 Å². The third-order valence-corrected chi connectivity index (χ3v) is 5.91. The standard InChI is InChI=1S/C19H34O2/c1-3-15-5-7-16(8-6-15)9-10-17-11-13-18(14-12-17)21-19(20)4-2/h15-18H,3-14H2,1-2H3/t15-,16-,17-,18-. The summed E-state index contributed by atoms with van der Waals surface area (Å²) in [6.07, 6.45) is 15.6. The van der Waals surface area contributed by atoms with Gasteiger partial charge in [0.05, 0.1) is 0 Å². The molecule has 0 radical (unpaired) electrons. The quantitative estimate of drug-likeness (QED) is 0.605. The smallest absolute Gasteiger partial charge is 0.305 e. The molecule has 0 unspecified atom stereocenters. The van der Waals surface area contributed by atoms with Gasteiger partial charge in [-0.3, -0.25) is 4.79 Å². The molecule has 122 valence electrons. The second kappa shape index (κ2) is 8.80. The van der Waals surface area contributed by atoms with Gasteiger partial charge in [0.15, 0.2) is 0 Å². The predicted octanol–water partition coefficient (Wildman–Crippen LogP) is 5.50. The van der Waals surface area contributed by atoms with Crippen molar-refractivity contribution >= 4 is 5.97 Å². The van der Waals surface area contributed by atoms with Gasteiger partial charge in [-0.25, -0.2) is 0 Å². The first-order valence-corrected chi connectivity index (χ1v) is 9.40. The Hall–Kier alpha value is -0.530. The Morgan fingerprint density at radius 1 is 0.810 bits per heavy atom. The van der Waals surface area contributed by atoms with Crippen LogP contribution in [0.5, 0.6) is 0 Å². The lowest BCUT2D eigenvalue weighted by molar-refractivity contribution is -0.150. The highest BCUT2D eigenvalue weighted by Gasteiger charge is 2.25. The summed E-state index contributed by atoms with van der Waals surface area (Å²) < 4.78 is 5.47. The Balaban J connectivity index is 1.58. The SMILES string of the molecule is CCC(=O)O[C@H]1CC[C@H](CC[C@H]2CC[C@H](CC)CC2)CC1. The van der Waals surface area contributed by atoms with Crippen molar-refractivity contribution in [3.8, 4) is 0 Å². The van der Waals surface area contributed by atoms with E-state index in [4.69, 9.17) is 4.74 Å². The summed E-state index contributed by atoms with van der Waals surface area (Å²) in [5.41, 5.74) is 0. The molecule has 2 rings (SSSR count). The summed E-state index contributed by atoms with van der Waals surface area (Å²) >= 11 is 0. The predicted molar refractivity (Wildman–Crippen MR) is 87.1 cm³/mol. The van der Waals surface area contributed by atoms with Crippen molar-refractivity contribution in [1.82, 2.24) is 0 Å². The van der Waals surface area contributed by atoms with Gasteiger partial charge in [0.2, 0.25) is 0 Å². The molecule has 2 saturated carbocycles. The van der Waals surface area contributed by atoms with Crippen molar-refractivity contribution in [2.75, 3.05) is 0 Å². The maximum atomic E-state index is 11.3. The van der Waals surface area contributed by atoms with Crippen LogP contribution < -0.4 is 0 Å². The molecule has 0 aromatic rings. The van der Waals surface area contributed by atoms with Gasteiger partial charge in [0.25, 0.3) is 0 Å². The van der Waals surface area contributed by atoms with Crippen LogP contribution in [0.2, 0.25) is 0 Å². The number of carbonyl (C=O) groups is 1. The van der Waals surface area contributed by atoms with Gasteiger partial charge in [0.1, 0.15) is 6.10 Å². The molecule has 21 heavy (non-hydrogen) atoms. The van der Waals surface area contributed by atoms with Crippen molar-refractivity contribution in [3.05, 3.63) is 0 Å². The second-order valence-electron chi connectivity index (χ2n) is 7.36. The van der Waals surface area contributed by atoms with Gasteiger partial charge in [-0.05, 0) is 43.4 Å². The van der Waals surface area contributed by atoms with Crippen LogP contribution in [0.1, 0.15) is 90.9 Å². The van der Waals surface area contributed by atoms with Crippen LogP contribution in [0, 0.1) is 17.8 Å². The van der Waals surface area contributed by atoms with Crippen LogP contribution in [0.25, 0.3) is 0 Å². The van der Waals surface area contributed by atoms with Gasteiger partial charge in [0, 0.05) is 6.42 Å². The third-order valence-electron chi connectivity index (χ3n) is 5.91. The molecular weight excluding hydrogens is 260 g/mol. The number of carbonyl (C=O) groups excluding carboxylic acids is 1. The van der Waals surface area contributed by atoms with Crippen LogP contribution in [-0.4, -0.2) is 12.1 Å². The lowest BCUT2D eigenvalue weighted by Gasteiger charge is -2.31. The van der Waals surface area contributed by atoms with Crippen LogP contribution in [-0.2, 0) is 9.53 Å². The Labute approximate surface area is 131 Å². The summed E-state index contributed by atoms with van der Waals surface area (Å²) in [6.45, 7) is 4.22. The minimum absolute atomic E-state index is 0.0221. The van der Waals surface area contributed by atoms with E-state index in [0.29, 0.717) is 6.42 Å². The average Bonchev–Trinajstić information content (AvgIpc) is 2.54. The molecule has 2 aliphatic carbocycles. The zero-order valence-corrected chi connectivity index (χ0v) is 14.1. The zero-order chi connectivity index (χ0) is 15.1. The minimum Gasteiger partial charge on any atom is -0.462 e. The van der Waals surface area contributed by atoms with Crippen molar-refractivity contribution in [2.45, 2.75) is 97.0 Å². The lowest BCUT2D eigenvalue weighted by Crippen LogP contribution is -2.24. The van der Waals surface area contributed by atoms with E-state index in [9.17, 15) is 4.79 Å². The maximum absolute atomic E-state index is 11.3. The Kier molecular flexibility index (Phi) is 7.06. The van der Waals surface area contributed by atoms with E-state index in [2.05, 4.69) is 6.92 Å². The maximum Gasteiger partial charge on any atom is 0.305 e. The molecule has 2 aliphatic rings. The first-order valence-electron chi connectivity index (χ1n) is 9.40. The minimum atomic E-state index is -0.0221. The molecule has 0 heterocycles. The van der Waals surface area contributed by atoms with Crippen molar-refractivity contribution in [2.24, 2.45) is 17.8 Å². The largest absolute Gasteiger partial charge is 0.462 e. The molecule has 0 atom stereocenters. The van der Waals surface area contributed by atoms with E-state index < -0.39 is 0 Å². The van der Waals surface area contributed by atoms with Crippen LogP contribution >= 0.6 is 0 Å². The zero-order valence-electron chi connectivity index (χ0n) is 14.1. The monoisotopic (exact) mass is 294 g/mol. The molecule has 0 spiro atoms. The topological polar surface area (TPSA) is 26.3 Å². The number of ether oxygens (including phenoxy) is 1. The molecule has 2 nitrogen and oxygen atoms in total. The van der Waals surface area contributed by atoms with Gasteiger partial charge >= 0.3 is 5.97 Å². The van der Waals surface area contributed by atoms with Gasteiger partial charge < -0.3 is 4.74 Å². The summed E-state index contributed by atoms with van der Waals surface area (Å²) in [4.78, 5) is 11.3. The van der Waals surface area contributed by atoms with Crippen molar-refractivity contribution < 1.29 is 9.53 Å². The summed E-state index contributed by atoms with van der Waals surface area (Å²) in [5, 5.41) is 0. The Bertz CT molecular complexity index is 297. The van der Waals surface area contributed by atoms with Gasteiger partial charge in [-0.2, -0.15) is 0 Å². The number of rotatable bonds is 6. The first-order chi connectivity index (χ1) is 10.2. The van der Waals surface area contributed by atoms with Gasteiger partial charge in [-0.15, -0.1) is 0 Å². The fourth-order valence-electron chi connectivity index (χ4n) is 4.21. The van der Waals surface area contributed by atoms with Crippen LogP contribution in [0.15, 0.2) is 0 Å². The van der Waals surface area contributed by atoms with E-state index in [1.165, 1.54) is 57.8 Å². The fourth-order valence-corrected chi connectivity index (χ4v) is 4.21. The molecule has 2 fully saturated rings. The second-order valence-corrected chi connectivity index (χ2v) is 7.36. The number of hydrogen-bond donors (Lipinski definition) is 0. The Morgan fingerprint density at radius 3 is 1.76 bits per heavy atom. The summed E-state index contributed by atoms with van der Waals surface area (Å²) in [7, 11) is 0. The van der Waals surface area contributed by atoms with E-state index >= 15 is 0 Å². The molecule has 0 amide bonds. The normalized spacial score (nSPS) is 33.6. The molecule has 0 aromatic carbocycles. The summed E-state index contributed by atoms with van der Waals surface area (Å²) in [6, 6.07) is 0. The van der Waals surface area contributed by atoms with E-state index in [1.54, 1.807) is 0 Å². The number of esters is 1. The summed E-state index contributed by atoms with van der Waals surface area (Å²) in [5.74, 6) is 2.89. The van der Waals surface area contributed by atoms with E-state index in [0.717, 1.165) is 30.6 Å². The highest BCUT2D eigenvalue weighted by Crippen LogP contribution is 2.36. The molecule has 0 aliphatic heterocycles. The molecule has 0 saturated heterocycles. The highest BCUT2D eigenvalue weighted by atomic mass is 16.5. The molecule has 0 N–H and O–H groups in total. The third kappa shape index (κ3) is 5.64. The first kappa shape index (κ1) is 16.8.